The van der Waals surface area contributed by atoms with Crippen LogP contribution in [0.3, 0.4) is 0 Å². The number of nitrogens with zero attached hydrogens (tertiary/aromatic N) is 2. The number of hydrogen-bond acceptors (Lipinski definition) is 5. The van der Waals surface area contributed by atoms with Crippen LogP contribution in [-0.4, -0.2) is 62.3 Å². The molecule has 9 heteroatoms. The molecule has 2 aliphatic heterocycles. The average molecular weight is 361 g/mol. The number of carbonyl (C=O) groups is 2. The molecule has 0 unspecified atom stereocenters. The fourth-order valence-electron chi connectivity index (χ4n) is 2.70. The van der Waals surface area contributed by atoms with Gasteiger partial charge in [-0.2, -0.15) is 0 Å². The van der Waals surface area contributed by atoms with Crippen LogP contribution in [0.5, 0.6) is 11.5 Å². The molecule has 0 aliphatic carbocycles. The summed E-state index contributed by atoms with van der Waals surface area (Å²) in [5, 5.41) is 8.78. The zero-order valence-corrected chi connectivity index (χ0v) is 14.7. The van der Waals surface area contributed by atoms with Gasteiger partial charge in [0.2, 0.25) is 12.7 Å². The first-order chi connectivity index (χ1) is 12.7. The molecule has 9 nitrogen and oxygen atoms in total. The molecule has 2 heterocycles. The Bertz CT molecular complexity index is 690. The molecule has 0 bridgehead atoms. The van der Waals surface area contributed by atoms with E-state index in [1.807, 2.05) is 25.1 Å². The van der Waals surface area contributed by atoms with Crippen molar-refractivity contribution in [3.8, 4) is 11.5 Å². The summed E-state index contributed by atoms with van der Waals surface area (Å²) in [5.41, 5.74) is 1.12. The summed E-state index contributed by atoms with van der Waals surface area (Å²) in [7, 11) is 0. The Labute approximate surface area is 151 Å². The third-order valence-electron chi connectivity index (χ3n) is 4.02. The monoisotopic (exact) mass is 361 g/mol. The van der Waals surface area contributed by atoms with Gasteiger partial charge in [0, 0.05) is 26.2 Å². The van der Waals surface area contributed by atoms with E-state index >= 15 is 0 Å². The number of fused-ring (bicyclic) bond motifs is 1. The summed E-state index contributed by atoms with van der Waals surface area (Å²) in [6.45, 7) is 4.38. The number of nitrogens with one attached hydrogen (secondary N) is 3. The second-order valence-electron chi connectivity index (χ2n) is 5.83. The maximum atomic E-state index is 11.5. The second-order valence-corrected chi connectivity index (χ2v) is 5.83. The SMILES string of the molecule is CCNC(=NCCc1ccc2c(c1)OCO2)NCCN1C(=O)CNC1=O. The van der Waals surface area contributed by atoms with Crippen molar-refractivity contribution in [2.75, 3.05) is 39.5 Å². The summed E-state index contributed by atoms with van der Waals surface area (Å²) in [4.78, 5) is 28.8. The molecular weight excluding hydrogens is 338 g/mol. The van der Waals surface area contributed by atoms with Gasteiger partial charge in [-0.15, -0.1) is 0 Å². The molecule has 0 aromatic heterocycles. The quantitative estimate of drug-likeness (QED) is 0.361. The van der Waals surface area contributed by atoms with Gasteiger partial charge in [-0.3, -0.25) is 14.7 Å². The first-order valence-electron chi connectivity index (χ1n) is 8.66. The van der Waals surface area contributed by atoms with E-state index in [4.69, 9.17) is 9.47 Å². The topological polar surface area (TPSA) is 104 Å². The molecule has 1 aromatic carbocycles. The van der Waals surface area contributed by atoms with Gasteiger partial charge in [-0.05, 0) is 31.0 Å². The van der Waals surface area contributed by atoms with Gasteiger partial charge < -0.3 is 25.4 Å². The first kappa shape index (κ1) is 17.8. The maximum absolute atomic E-state index is 11.5. The lowest BCUT2D eigenvalue weighted by Gasteiger charge is -2.15. The van der Waals surface area contributed by atoms with Gasteiger partial charge in [0.15, 0.2) is 17.5 Å². The Kier molecular flexibility index (Phi) is 5.77. The highest BCUT2D eigenvalue weighted by Gasteiger charge is 2.27. The largest absolute Gasteiger partial charge is 0.454 e. The predicted octanol–water partition coefficient (Wildman–Crippen LogP) is 0.0647. The number of benzene rings is 1. The van der Waals surface area contributed by atoms with Crippen molar-refractivity contribution in [2.45, 2.75) is 13.3 Å². The van der Waals surface area contributed by atoms with E-state index in [0.717, 1.165) is 30.0 Å². The molecule has 3 amide bonds. The number of ether oxygens (including phenoxy) is 2. The lowest BCUT2D eigenvalue weighted by Crippen LogP contribution is -2.43. The van der Waals surface area contributed by atoms with Crippen molar-refractivity contribution >= 4 is 17.9 Å². The minimum Gasteiger partial charge on any atom is -0.454 e. The Hall–Kier alpha value is -2.97. The van der Waals surface area contributed by atoms with Crippen LogP contribution in [0.15, 0.2) is 23.2 Å². The minimum atomic E-state index is -0.346. The number of carbonyl (C=O) groups excluding carboxylic acids is 2. The fourth-order valence-corrected chi connectivity index (χ4v) is 2.70. The minimum absolute atomic E-state index is 0.0719. The molecule has 2 aliphatic rings. The van der Waals surface area contributed by atoms with Crippen LogP contribution < -0.4 is 25.4 Å². The van der Waals surface area contributed by atoms with Crippen LogP contribution in [0.1, 0.15) is 12.5 Å². The standard InChI is InChI=1S/C17H23N5O4/c1-2-18-16(20-7-8-22-15(23)10-21-17(22)24)19-6-5-12-3-4-13-14(9-12)26-11-25-13/h3-4,9H,2,5-8,10-11H2,1H3,(H,21,24)(H2,18,19,20). The Morgan fingerprint density at radius 3 is 2.88 bits per heavy atom. The van der Waals surface area contributed by atoms with Gasteiger partial charge in [0.05, 0.1) is 6.54 Å². The number of amides is 3. The molecule has 3 rings (SSSR count). The van der Waals surface area contributed by atoms with E-state index in [9.17, 15) is 9.59 Å². The van der Waals surface area contributed by atoms with E-state index in [1.54, 1.807) is 0 Å². The molecule has 0 spiro atoms. The highest BCUT2D eigenvalue weighted by molar-refractivity contribution is 6.01. The van der Waals surface area contributed by atoms with Crippen molar-refractivity contribution in [1.82, 2.24) is 20.9 Å². The number of rotatable bonds is 7. The van der Waals surface area contributed by atoms with Gasteiger partial charge in [0.25, 0.3) is 0 Å². The van der Waals surface area contributed by atoms with E-state index < -0.39 is 0 Å². The molecule has 0 atom stereocenters. The highest BCUT2D eigenvalue weighted by atomic mass is 16.7. The zero-order valence-electron chi connectivity index (χ0n) is 14.7. The summed E-state index contributed by atoms with van der Waals surface area (Å²) >= 11 is 0. The number of urea groups is 1. The molecule has 3 N–H and O–H groups in total. The van der Waals surface area contributed by atoms with E-state index in [1.165, 1.54) is 4.90 Å². The molecular formula is C17H23N5O4. The Morgan fingerprint density at radius 2 is 2.12 bits per heavy atom. The molecule has 1 saturated heterocycles. The van der Waals surface area contributed by atoms with Crippen molar-refractivity contribution in [2.24, 2.45) is 4.99 Å². The van der Waals surface area contributed by atoms with Crippen LogP contribution in [0.2, 0.25) is 0 Å². The van der Waals surface area contributed by atoms with Crippen LogP contribution in [0.25, 0.3) is 0 Å². The van der Waals surface area contributed by atoms with Gasteiger partial charge >= 0.3 is 6.03 Å². The smallest absolute Gasteiger partial charge is 0.324 e. The first-order valence-corrected chi connectivity index (χ1v) is 8.66. The summed E-state index contributed by atoms with van der Waals surface area (Å²) < 4.78 is 10.7. The number of aliphatic imine (C=N–C) groups is 1. The molecule has 1 aromatic rings. The molecule has 140 valence electrons. The normalized spacial score (nSPS) is 16.0. The summed E-state index contributed by atoms with van der Waals surface area (Å²) in [6, 6.07) is 5.53. The van der Waals surface area contributed by atoms with Crippen LogP contribution >= 0.6 is 0 Å². The van der Waals surface area contributed by atoms with Crippen LogP contribution in [0, 0.1) is 0 Å². The Balaban J connectivity index is 1.47. The van der Waals surface area contributed by atoms with Crippen molar-refractivity contribution in [3.05, 3.63) is 23.8 Å². The highest BCUT2D eigenvalue weighted by Crippen LogP contribution is 2.32. The van der Waals surface area contributed by atoms with E-state index in [2.05, 4.69) is 20.9 Å². The molecule has 0 radical (unpaired) electrons. The predicted molar refractivity (Wildman–Crippen MR) is 95.4 cm³/mol. The average Bonchev–Trinajstić information content (AvgIpc) is 3.22. The summed E-state index contributed by atoms with van der Waals surface area (Å²) in [6.07, 6.45) is 0.764. The van der Waals surface area contributed by atoms with E-state index in [0.29, 0.717) is 25.6 Å². The molecule has 1 fully saturated rings. The lowest BCUT2D eigenvalue weighted by molar-refractivity contribution is -0.124. The van der Waals surface area contributed by atoms with E-state index in [-0.39, 0.29) is 25.3 Å². The number of guanidine groups is 1. The third-order valence-corrected chi connectivity index (χ3v) is 4.02. The lowest BCUT2D eigenvalue weighted by atomic mass is 10.1. The summed E-state index contributed by atoms with van der Waals surface area (Å²) in [5.74, 6) is 1.99. The maximum Gasteiger partial charge on any atom is 0.324 e. The van der Waals surface area contributed by atoms with Gasteiger partial charge in [-0.1, -0.05) is 6.07 Å². The molecule has 0 saturated carbocycles. The fraction of sp³-hybridized carbons (Fsp3) is 0.471. The van der Waals surface area contributed by atoms with Crippen molar-refractivity contribution in [3.63, 3.8) is 0 Å². The van der Waals surface area contributed by atoms with Gasteiger partial charge in [-0.25, -0.2) is 4.79 Å². The third kappa shape index (κ3) is 4.35. The Morgan fingerprint density at radius 1 is 1.27 bits per heavy atom. The van der Waals surface area contributed by atoms with Crippen molar-refractivity contribution < 1.29 is 19.1 Å². The number of imide groups is 1. The van der Waals surface area contributed by atoms with Crippen molar-refractivity contribution in [1.29, 1.82) is 0 Å². The second kappa shape index (κ2) is 8.41. The van der Waals surface area contributed by atoms with Gasteiger partial charge in [0.1, 0.15) is 0 Å². The number of hydrogen-bond donors (Lipinski definition) is 3. The van der Waals surface area contributed by atoms with Crippen LogP contribution in [-0.2, 0) is 11.2 Å². The molecule has 26 heavy (non-hydrogen) atoms. The van der Waals surface area contributed by atoms with Crippen LogP contribution in [0.4, 0.5) is 4.79 Å². The zero-order chi connectivity index (χ0) is 18.4.